The molecule has 2 N–H and O–H groups in total. The van der Waals surface area contributed by atoms with Gasteiger partial charge in [0.1, 0.15) is 17.5 Å². The molecule has 0 bridgehead atoms. The van der Waals surface area contributed by atoms with E-state index in [1.54, 1.807) is 6.07 Å². The number of rotatable bonds is 6. The third kappa shape index (κ3) is 5.78. The van der Waals surface area contributed by atoms with E-state index in [0.29, 0.717) is 10.6 Å². The number of halogens is 4. The monoisotopic (exact) mass is 479 g/mol. The minimum absolute atomic E-state index is 0.0281. The first-order valence-corrected chi connectivity index (χ1v) is 9.35. The van der Waals surface area contributed by atoms with Crippen LogP contribution in [-0.2, 0) is 4.79 Å². The smallest absolute Gasteiger partial charge is 0.422 e. The highest BCUT2D eigenvalue weighted by molar-refractivity contribution is 6.30. The zero-order valence-electron chi connectivity index (χ0n) is 16.6. The molecule has 0 spiro atoms. The van der Waals surface area contributed by atoms with E-state index >= 15 is 0 Å². The number of aliphatic hydroxyl groups is 1. The standard InChI is InChI=1S/C20H13ClF3N5O4/c1-10-14(7-27-33-10)17(30)13(6-25)18(31)29-19-26-8-15(32-9-20(22,23)24)16(28-19)11-2-4-12(21)5-3-11/h2-5,7-8,30H,9H2,1H3,(H,26,28,29,31)/b17-13-. The van der Waals surface area contributed by atoms with Crippen LogP contribution in [0.1, 0.15) is 11.3 Å². The van der Waals surface area contributed by atoms with Gasteiger partial charge >= 0.3 is 6.18 Å². The van der Waals surface area contributed by atoms with E-state index < -0.39 is 30.0 Å². The third-order valence-corrected chi connectivity index (χ3v) is 4.32. The maximum Gasteiger partial charge on any atom is 0.422 e. The zero-order chi connectivity index (χ0) is 24.2. The number of amides is 1. The Kier molecular flexibility index (Phi) is 6.83. The van der Waals surface area contributed by atoms with E-state index in [-0.39, 0.29) is 28.7 Å². The molecule has 0 aliphatic rings. The first-order chi connectivity index (χ1) is 15.6. The number of hydrogen-bond acceptors (Lipinski definition) is 8. The summed E-state index contributed by atoms with van der Waals surface area (Å²) in [6.07, 6.45) is -2.54. The number of anilines is 1. The van der Waals surface area contributed by atoms with Crippen molar-refractivity contribution >= 4 is 29.2 Å². The number of carbonyl (C=O) groups is 1. The van der Waals surface area contributed by atoms with E-state index in [0.717, 1.165) is 12.4 Å². The minimum atomic E-state index is -4.60. The normalized spacial score (nSPS) is 12.0. The van der Waals surface area contributed by atoms with Crippen LogP contribution in [0.2, 0.25) is 5.02 Å². The topological polar surface area (TPSA) is 134 Å². The summed E-state index contributed by atoms with van der Waals surface area (Å²) >= 11 is 5.85. The molecule has 0 saturated heterocycles. The molecule has 1 aromatic carbocycles. The van der Waals surface area contributed by atoms with Gasteiger partial charge in [0, 0.05) is 10.6 Å². The quantitative estimate of drug-likeness (QED) is 0.300. The number of nitrogens with one attached hydrogen (secondary N) is 1. The van der Waals surface area contributed by atoms with Crippen LogP contribution in [0.25, 0.3) is 17.0 Å². The van der Waals surface area contributed by atoms with Gasteiger partial charge in [-0.2, -0.15) is 18.4 Å². The molecule has 0 fully saturated rings. The number of nitriles is 1. The Bertz CT molecular complexity index is 1250. The van der Waals surface area contributed by atoms with Crippen LogP contribution in [0, 0.1) is 18.3 Å². The lowest BCUT2D eigenvalue weighted by Crippen LogP contribution is -2.20. The molecule has 0 atom stereocenters. The fourth-order valence-corrected chi connectivity index (χ4v) is 2.67. The SMILES string of the molecule is Cc1oncc1/C(O)=C(\C#N)C(=O)Nc1ncc(OCC(F)(F)F)c(-c2ccc(Cl)cc2)n1. The lowest BCUT2D eigenvalue weighted by molar-refractivity contribution is -0.153. The molecule has 13 heteroatoms. The molecule has 0 radical (unpaired) electrons. The summed E-state index contributed by atoms with van der Waals surface area (Å²) in [5, 5.41) is 25.6. The molecule has 2 aromatic heterocycles. The Morgan fingerprint density at radius 1 is 1.30 bits per heavy atom. The lowest BCUT2D eigenvalue weighted by atomic mass is 10.1. The van der Waals surface area contributed by atoms with Gasteiger partial charge in [-0.3, -0.25) is 10.1 Å². The van der Waals surface area contributed by atoms with Crippen molar-refractivity contribution in [2.45, 2.75) is 13.1 Å². The van der Waals surface area contributed by atoms with E-state index in [2.05, 4.69) is 20.4 Å². The van der Waals surface area contributed by atoms with Crippen LogP contribution < -0.4 is 10.1 Å². The third-order valence-electron chi connectivity index (χ3n) is 4.07. The number of alkyl halides is 3. The highest BCUT2D eigenvalue weighted by atomic mass is 35.5. The average molecular weight is 480 g/mol. The molecular weight excluding hydrogens is 467 g/mol. The van der Waals surface area contributed by atoms with Gasteiger partial charge in [-0.15, -0.1) is 0 Å². The van der Waals surface area contributed by atoms with Crippen molar-refractivity contribution in [3.05, 3.63) is 58.6 Å². The molecule has 0 unspecified atom stereocenters. The summed E-state index contributed by atoms with van der Waals surface area (Å²) in [6.45, 7) is -0.122. The zero-order valence-corrected chi connectivity index (χ0v) is 17.4. The fraction of sp³-hybridized carbons (Fsp3) is 0.150. The molecule has 0 saturated carbocycles. The van der Waals surface area contributed by atoms with Gasteiger partial charge in [0.05, 0.1) is 18.0 Å². The Morgan fingerprint density at radius 2 is 2.00 bits per heavy atom. The molecular formula is C20H13ClF3N5O4. The van der Waals surface area contributed by atoms with E-state index in [4.69, 9.17) is 20.9 Å². The summed E-state index contributed by atoms with van der Waals surface area (Å²) in [5.41, 5.74) is -0.396. The predicted molar refractivity (Wildman–Crippen MR) is 109 cm³/mol. The van der Waals surface area contributed by atoms with Gasteiger partial charge < -0.3 is 14.4 Å². The molecule has 9 nitrogen and oxygen atoms in total. The molecule has 170 valence electrons. The number of carbonyl (C=O) groups excluding carboxylic acids is 1. The second-order valence-electron chi connectivity index (χ2n) is 6.40. The highest BCUT2D eigenvalue weighted by Crippen LogP contribution is 2.31. The van der Waals surface area contributed by atoms with E-state index in [1.165, 1.54) is 31.2 Å². The minimum Gasteiger partial charge on any atom is -0.506 e. The summed E-state index contributed by atoms with van der Waals surface area (Å²) in [5.74, 6) is -2.24. The maximum absolute atomic E-state index is 12.6. The molecule has 2 heterocycles. The largest absolute Gasteiger partial charge is 0.506 e. The van der Waals surface area contributed by atoms with Crippen molar-refractivity contribution in [2.75, 3.05) is 11.9 Å². The van der Waals surface area contributed by atoms with Gasteiger partial charge in [-0.1, -0.05) is 28.9 Å². The summed E-state index contributed by atoms with van der Waals surface area (Å²) < 4.78 is 47.5. The lowest BCUT2D eigenvalue weighted by Gasteiger charge is -2.13. The first-order valence-electron chi connectivity index (χ1n) is 8.98. The first kappa shape index (κ1) is 23.6. The van der Waals surface area contributed by atoms with Gasteiger partial charge in [0.15, 0.2) is 23.7 Å². The van der Waals surface area contributed by atoms with Crippen molar-refractivity contribution in [3.63, 3.8) is 0 Å². The van der Waals surface area contributed by atoms with Crippen molar-refractivity contribution in [1.29, 1.82) is 5.26 Å². The van der Waals surface area contributed by atoms with Gasteiger partial charge in [-0.25, -0.2) is 9.97 Å². The Morgan fingerprint density at radius 3 is 2.58 bits per heavy atom. The second kappa shape index (κ2) is 9.58. The Labute approximate surface area is 189 Å². The van der Waals surface area contributed by atoms with Crippen LogP contribution in [0.3, 0.4) is 0 Å². The Balaban J connectivity index is 1.95. The number of aliphatic hydroxyl groups excluding tert-OH is 1. The van der Waals surface area contributed by atoms with Gasteiger partial charge in [-0.05, 0) is 19.1 Å². The fourth-order valence-electron chi connectivity index (χ4n) is 2.55. The van der Waals surface area contributed by atoms with Gasteiger partial charge in [0.25, 0.3) is 5.91 Å². The van der Waals surface area contributed by atoms with Crippen molar-refractivity contribution < 1.29 is 32.3 Å². The highest BCUT2D eigenvalue weighted by Gasteiger charge is 2.29. The molecule has 0 aliphatic heterocycles. The molecule has 0 aliphatic carbocycles. The maximum atomic E-state index is 12.6. The molecule has 3 rings (SSSR count). The summed E-state index contributed by atoms with van der Waals surface area (Å²) in [7, 11) is 0. The van der Waals surface area contributed by atoms with Crippen LogP contribution in [0.4, 0.5) is 19.1 Å². The van der Waals surface area contributed by atoms with E-state index in [1.807, 2.05) is 0 Å². The van der Waals surface area contributed by atoms with Crippen molar-refractivity contribution in [3.8, 4) is 23.1 Å². The average Bonchev–Trinajstić information content (AvgIpc) is 3.19. The predicted octanol–water partition coefficient (Wildman–Crippen LogP) is 4.47. The number of ether oxygens (including phenoxy) is 1. The summed E-state index contributed by atoms with van der Waals surface area (Å²) in [6, 6.07) is 7.51. The second-order valence-corrected chi connectivity index (χ2v) is 6.84. The van der Waals surface area contributed by atoms with Crippen molar-refractivity contribution in [2.24, 2.45) is 0 Å². The number of aromatic nitrogens is 3. The molecule has 33 heavy (non-hydrogen) atoms. The molecule has 3 aromatic rings. The van der Waals surface area contributed by atoms with E-state index in [9.17, 15) is 28.3 Å². The number of aryl methyl sites for hydroxylation is 1. The number of hydrogen-bond donors (Lipinski definition) is 2. The number of nitrogens with zero attached hydrogens (tertiary/aromatic N) is 4. The van der Waals surface area contributed by atoms with Crippen molar-refractivity contribution in [1.82, 2.24) is 15.1 Å². The summed E-state index contributed by atoms with van der Waals surface area (Å²) in [4.78, 5) is 20.4. The van der Waals surface area contributed by atoms with Crippen LogP contribution >= 0.6 is 11.6 Å². The van der Waals surface area contributed by atoms with Crippen LogP contribution in [-0.4, -0.2) is 38.9 Å². The van der Waals surface area contributed by atoms with Crippen LogP contribution in [0.5, 0.6) is 5.75 Å². The number of benzene rings is 1. The van der Waals surface area contributed by atoms with Gasteiger partial charge in [0.2, 0.25) is 5.95 Å². The molecule has 1 amide bonds. The Hall–Kier alpha value is -4.11. The van der Waals surface area contributed by atoms with Crippen LogP contribution in [0.15, 0.2) is 46.8 Å².